The second-order valence-electron chi connectivity index (χ2n) is 3.28. The van der Waals surface area contributed by atoms with E-state index in [1.54, 1.807) is 24.3 Å². The molecule has 0 aliphatic heterocycles. The first-order valence-electron chi connectivity index (χ1n) is 4.53. The Balaban J connectivity index is 2.72. The molecule has 1 aromatic rings. The lowest BCUT2D eigenvalue weighted by Crippen LogP contribution is -2.30. The first kappa shape index (κ1) is 11.2. The molecule has 0 aliphatic carbocycles. The average molecular weight is 204 g/mol. The third-order valence-corrected chi connectivity index (χ3v) is 2.07. The summed E-state index contributed by atoms with van der Waals surface area (Å²) in [5.74, 6) is -0.0332. The Bertz CT molecular complexity index is 392. The van der Waals surface area contributed by atoms with Crippen LogP contribution in [0.3, 0.4) is 0 Å². The van der Waals surface area contributed by atoms with Crippen LogP contribution in [-0.4, -0.2) is 11.8 Å². The fourth-order valence-electron chi connectivity index (χ4n) is 1.15. The van der Waals surface area contributed by atoms with Gasteiger partial charge in [-0.2, -0.15) is 0 Å². The molecule has 1 aromatic carbocycles. The van der Waals surface area contributed by atoms with Crippen LogP contribution in [0.1, 0.15) is 12.5 Å². The average Bonchev–Trinajstić information content (AvgIpc) is 2.21. The number of rotatable bonds is 4. The van der Waals surface area contributed by atoms with Crippen molar-refractivity contribution in [3.63, 3.8) is 0 Å². The maximum Gasteiger partial charge on any atom is 0.146 e. The lowest BCUT2D eigenvalue weighted by atomic mass is 10.0. The molecule has 0 aromatic heterocycles. The van der Waals surface area contributed by atoms with Gasteiger partial charge in [-0.25, -0.2) is 0 Å². The van der Waals surface area contributed by atoms with Crippen LogP contribution in [0.15, 0.2) is 29.4 Å². The quantitative estimate of drug-likeness (QED) is 0.462. The summed E-state index contributed by atoms with van der Waals surface area (Å²) in [6.07, 6.45) is 0.506. The van der Waals surface area contributed by atoms with Crippen LogP contribution in [-0.2, 0) is 11.2 Å². The van der Waals surface area contributed by atoms with Gasteiger partial charge in [-0.05, 0) is 24.4 Å². The van der Waals surface area contributed by atoms with Crippen molar-refractivity contribution in [2.45, 2.75) is 19.4 Å². The minimum absolute atomic E-state index is 0.0332. The van der Waals surface area contributed by atoms with Crippen molar-refractivity contribution in [2.24, 2.45) is 10.8 Å². The van der Waals surface area contributed by atoms with Gasteiger partial charge in [0, 0.05) is 10.6 Å². The van der Waals surface area contributed by atoms with Crippen LogP contribution in [0.25, 0.3) is 10.4 Å². The molecule has 78 valence electrons. The molecule has 2 N–H and O–H groups in total. The summed E-state index contributed by atoms with van der Waals surface area (Å²) >= 11 is 0. The van der Waals surface area contributed by atoms with Crippen LogP contribution in [0.2, 0.25) is 0 Å². The summed E-state index contributed by atoms with van der Waals surface area (Å²) in [5.41, 5.74) is 15.3. The monoisotopic (exact) mass is 204 g/mol. The first-order valence-corrected chi connectivity index (χ1v) is 4.53. The number of azide groups is 1. The molecule has 0 fully saturated rings. The number of ketones is 1. The van der Waals surface area contributed by atoms with E-state index >= 15 is 0 Å². The van der Waals surface area contributed by atoms with Crippen molar-refractivity contribution in [3.05, 3.63) is 40.3 Å². The van der Waals surface area contributed by atoms with Crippen LogP contribution in [0, 0.1) is 0 Å². The van der Waals surface area contributed by atoms with Gasteiger partial charge < -0.3 is 5.73 Å². The number of hydrogen-bond acceptors (Lipinski definition) is 3. The Kier molecular flexibility index (Phi) is 3.85. The molecule has 0 bridgehead atoms. The minimum Gasteiger partial charge on any atom is -0.321 e. The highest BCUT2D eigenvalue weighted by atomic mass is 16.1. The van der Waals surface area contributed by atoms with Crippen LogP contribution >= 0.6 is 0 Å². The standard InChI is InChI=1S/C10H12N4O/c1-7(15)10(11)6-8-2-4-9(5-3-8)13-14-12/h2-5,10H,6,11H2,1H3. The zero-order chi connectivity index (χ0) is 11.3. The fourth-order valence-corrected chi connectivity index (χ4v) is 1.15. The number of Topliss-reactive ketones (excluding diaryl/α,β-unsaturated/α-hetero) is 1. The van der Waals surface area contributed by atoms with Crippen molar-refractivity contribution in [1.29, 1.82) is 0 Å². The predicted octanol–water partition coefficient (Wildman–Crippen LogP) is 2.09. The number of hydrogen-bond donors (Lipinski definition) is 1. The molecule has 1 rings (SSSR count). The molecule has 0 radical (unpaired) electrons. The van der Waals surface area contributed by atoms with E-state index in [9.17, 15) is 4.79 Å². The Morgan fingerprint density at radius 1 is 1.53 bits per heavy atom. The second kappa shape index (κ2) is 5.14. The maximum absolute atomic E-state index is 10.9. The number of nitrogens with two attached hydrogens (primary N) is 1. The number of nitrogens with zero attached hydrogens (tertiary/aromatic N) is 3. The van der Waals surface area contributed by atoms with E-state index < -0.39 is 6.04 Å². The van der Waals surface area contributed by atoms with Crippen molar-refractivity contribution >= 4 is 11.5 Å². The summed E-state index contributed by atoms with van der Waals surface area (Å²) in [6.45, 7) is 1.47. The highest BCUT2D eigenvalue weighted by molar-refractivity contribution is 5.81. The topological polar surface area (TPSA) is 91.9 Å². The summed E-state index contributed by atoms with van der Waals surface area (Å²) < 4.78 is 0. The Labute approximate surface area is 87.5 Å². The van der Waals surface area contributed by atoms with Gasteiger partial charge in [0.1, 0.15) is 5.78 Å². The molecule has 15 heavy (non-hydrogen) atoms. The Morgan fingerprint density at radius 2 is 2.13 bits per heavy atom. The first-order chi connectivity index (χ1) is 7.13. The van der Waals surface area contributed by atoms with Crippen molar-refractivity contribution in [1.82, 2.24) is 0 Å². The zero-order valence-electron chi connectivity index (χ0n) is 8.42. The van der Waals surface area contributed by atoms with E-state index in [2.05, 4.69) is 10.0 Å². The minimum atomic E-state index is -0.463. The van der Waals surface area contributed by atoms with Crippen molar-refractivity contribution in [3.8, 4) is 0 Å². The smallest absolute Gasteiger partial charge is 0.146 e. The highest BCUT2D eigenvalue weighted by Gasteiger charge is 2.08. The van der Waals surface area contributed by atoms with E-state index in [4.69, 9.17) is 11.3 Å². The lowest BCUT2D eigenvalue weighted by Gasteiger charge is -2.07. The third kappa shape index (κ3) is 3.42. The Hall–Kier alpha value is -1.84. The number of carbonyl (C=O) groups excluding carboxylic acids is 1. The fraction of sp³-hybridized carbons (Fsp3) is 0.300. The van der Waals surface area contributed by atoms with Crippen molar-refractivity contribution < 1.29 is 4.79 Å². The normalized spacial score (nSPS) is 11.6. The molecule has 1 unspecified atom stereocenters. The maximum atomic E-state index is 10.9. The van der Waals surface area contributed by atoms with Gasteiger partial charge in [0.05, 0.1) is 6.04 Å². The van der Waals surface area contributed by atoms with E-state index in [1.165, 1.54) is 6.92 Å². The largest absolute Gasteiger partial charge is 0.321 e. The van der Waals surface area contributed by atoms with E-state index in [-0.39, 0.29) is 5.78 Å². The molecule has 0 aliphatic rings. The van der Waals surface area contributed by atoms with Crippen molar-refractivity contribution in [2.75, 3.05) is 0 Å². The molecule has 0 saturated carbocycles. The van der Waals surface area contributed by atoms with Gasteiger partial charge in [-0.3, -0.25) is 4.79 Å². The van der Waals surface area contributed by atoms with E-state index in [0.717, 1.165) is 5.56 Å². The lowest BCUT2D eigenvalue weighted by molar-refractivity contribution is -0.118. The van der Waals surface area contributed by atoms with Gasteiger partial charge in [0.25, 0.3) is 0 Å². The number of carbonyl (C=O) groups is 1. The molecule has 1 atom stereocenters. The van der Waals surface area contributed by atoms with Crippen LogP contribution in [0.4, 0.5) is 5.69 Å². The third-order valence-electron chi connectivity index (χ3n) is 2.07. The summed E-state index contributed by atoms with van der Waals surface area (Å²) in [7, 11) is 0. The molecular weight excluding hydrogens is 192 g/mol. The summed E-state index contributed by atoms with van der Waals surface area (Å²) in [6, 6.07) is 6.53. The van der Waals surface area contributed by atoms with E-state index in [0.29, 0.717) is 12.1 Å². The molecule has 5 nitrogen and oxygen atoms in total. The zero-order valence-corrected chi connectivity index (χ0v) is 8.42. The molecule has 5 heteroatoms. The second-order valence-corrected chi connectivity index (χ2v) is 3.28. The predicted molar refractivity (Wildman–Crippen MR) is 57.6 cm³/mol. The van der Waals surface area contributed by atoms with Gasteiger partial charge in [-0.1, -0.05) is 29.4 Å². The van der Waals surface area contributed by atoms with Gasteiger partial charge >= 0.3 is 0 Å². The molecular formula is C10H12N4O. The van der Waals surface area contributed by atoms with Gasteiger partial charge in [0.2, 0.25) is 0 Å². The highest BCUT2D eigenvalue weighted by Crippen LogP contribution is 2.13. The number of benzene rings is 1. The van der Waals surface area contributed by atoms with Gasteiger partial charge in [0.15, 0.2) is 0 Å². The van der Waals surface area contributed by atoms with Crippen LogP contribution in [0.5, 0.6) is 0 Å². The Morgan fingerprint density at radius 3 is 2.60 bits per heavy atom. The van der Waals surface area contributed by atoms with E-state index in [1.807, 2.05) is 0 Å². The molecule has 0 spiro atoms. The molecule has 0 amide bonds. The molecule has 0 heterocycles. The summed E-state index contributed by atoms with van der Waals surface area (Å²) in [5, 5.41) is 3.44. The SMILES string of the molecule is CC(=O)C(N)Cc1ccc(N=[N+]=[N-])cc1. The van der Waals surface area contributed by atoms with Crippen LogP contribution < -0.4 is 5.73 Å². The van der Waals surface area contributed by atoms with Gasteiger partial charge in [-0.15, -0.1) is 0 Å². The summed E-state index contributed by atoms with van der Waals surface area (Å²) in [4.78, 5) is 13.6. The molecule has 0 saturated heterocycles.